The van der Waals surface area contributed by atoms with Crippen molar-refractivity contribution >= 4 is 0 Å². The number of rotatable bonds is 0. The van der Waals surface area contributed by atoms with Crippen LogP contribution in [0.4, 0.5) is 0 Å². The number of nitriles is 1. The molecule has 0 aromatic heterocycles. The average Bonchev–Trinajstić information content (AvgIpc) is 2.18. The minimum absolute atomic E-state index is 0.0450. The molecular weight excluding hydrogens is 172 g/mol. The van der Waals surface area contributed by atoms with Gasteiger partial charge in [-0.3, -0.25) is 0 Å². The maximum absolute atomic E-state index is 9.07. The van der Waals surface area contributed by atoms with Gasteiger partial charge in [0.1, 0.15) is 0 Å². The van der Waals surface area contributed by atoms with Crippen LogP contribution in [-0.2, 0) is 6.54 Å². The second-order valence-electron chi connectivity index (χ2n) is 4.02. The Morgan fingerprint density at radius 1 is 1.50 bits per heavy atom. The van der Waals surface area contributed by atoms with Gasteiger partial charge in [-0.15, -0.1) is 0 Å². The summed E-state index contributed by atoms with van der Waals surface area (Å²) in [7, 11) is 2.07. The van der Waals surface area contributed by atoms with E-state index in [0.29, 0.717) is 0 Å². The maximum Gasteiger partial charge on any atom is 0.0842 e. The van der Waals surface area contributed by atoms with E-state index in [1.807, 2.05) is 6.07 Å². The molecule has 1 unspecified atom stereocenters. The molecule has 72 valence electrons. The molecule has 0 aliphatic carbocycles. The maximum atomic E-state index is 9.07. The number of hydrogen-bond donors (Lipinski definition) is 0. The zero-order valence-corrected chi connectivity index (χ0v) is 8.62. The lowest BCUT2D eigenvalue weighted by molar-refractivity contribution is 0.299. The molecule has 1 aromatic carbocycles. The molecule has 0 radical (unpaired) electrons. The molecule has 2 heteroatoms. The van der Waals surface area contributed by atoms with Gasteiger partial charge in [-0.25, -0.2) is 0 Å². The van der Waals surface area contributed by atoms with Crippen LogP contribution in [0.5, 0.6) is 0 Å². The Balaban J connectivity index is 2.52. The molecule has 1 atom stereocenters. The highest BCUT2D eigenvalue weighted by molar-refractivity contribution is 5.41. The molecule has 1 heterocycles. The summed E-state index contributed by atoms with van der Waals surface area (Å²) in [6, 6.07) is 8.63. The van der Waals surface area contributed by atoms with Crippen LogP contribution in [0.25, 0.3) is 0 Å². The van der Waals surface area contributed by atoms with E-state index in [0.717, 1.165) is 13.1 Å². The lowest BCUT2D eigenvalue weighted by atomic mass is 9.88. The monoisotopic (exact) mass is 186 g/mol. The van der Waals surface area contributed by atoms with Gasteiger partial charge >= 0.3 is 0 Å². The van der Waals surface area contributed by atoms with E-state index < -0.39 is 0 Å². The van der Waals surface area contributed by atoms with E-state index in [1.165, 1.54) is 16.7 Å². The van der Waals surface area contributed by atoms with Crippen molar-refractivity contribution in [1.29, 1.82) is 5.26 Å². The average molecular weight is 186 g/mol. The Morgan fingerprint density at radius 2 is 2.29 bits per heavy atom. The number of likely N-dealkylation sites (N-methyl/N-ethyl adjacent to an activating group) is 1. The minimum Gasteiger partial charge on any atom is -0.300 e. The molecule has 2 rings (SSSR count). The fourth-order valence-electron chi connectivity index (χ4n) is 2.12. The van der Waals surface area contributed by atoms with Gasteiger partial charge in [-0.05, 0) is 30.7 Å². The summed E-state index contributed by atoms with van der Waals surface area (Å²) in [6.07, 6.45) is 0. The van der Waals surface area contributed by atoms with Crippen molar-refractivity contribution in [3.63, 3.8) is 0 Å². The van der Waals surface area contributed by atoms with E-state index in [4.69, 9.17) is 5.26 Å². The van der Waals surface area contributed by atoms with Gasteiger partial charge in [-0.2, -0.15) is 5.26 Å². The predicted molar refractivity (Wildman–Crippen MR) is 55.9 cm³/mol. The van der Waals surface area contributed by atoms with E-state index in [2.05, 4.69) is 37.1 Å². The summed E-state index contributed by atoms with van der Waals surface area (Å²) < 4.78 is 0. The number of nitrogens with zero attached hydrogens (tertiary/aromatic N) is 2. The Labute approximate surface area is 84.8 Å². The molecule has 0 saturated carbocycles. The lowest BCUT2D eigenvalue weighted by Gasteiger charge is -2.29. The van der Waals surface area contributed by atoms with Crippen LogP contribution in [0.2, 0.25) is 0 Å². The number of benzene rings is 1. The van der Waals surface area contributed by atoms with Gasteiger partial charge in [-0.1, -0.05) is 18.2 Å². The molecule has 1 aliphatic heterocycles. The predicted octanol–water partition coefficient (Wildman–Crippen LogP) is 2.05. The molecule has 0 bridgehead atoms. The first-order valence-corrected chi connectivity index (χ1v) is 4.89. The van der Waals surface area contributed by atoms with Crippen molar-refractivity contribution in [3.05, 3.63) is 34.9 Å². The second-order valence-corrected chi connectivity index (χ2v) is 4.02. The quantitative estimate of drug-likeness (QED) is 0.620. The number of hydrogen-bond acceptors (Lipinski definition) is 2. The van der Waals surface area contributed by atoms with Gasteiger partial charge < -0.3 is 4.90 Å². The number of fused-ring (bicyclic) bond motifs is 1. The third-order valence-corrected chi connectivity index (χ3v) is 2.90. The van der Waals surface area contributed by atoms with Crippen LogP contribution in [-0.4, -0.2) is 18.5 Å². The Bertz CT molecular complexity index is 390. The Kier molecular flexibility index (Phi) is 2.26. The molecular formula is C12H14N2. The molecule has 0 amide bonds. The summed E-state index contributed by atoms with van der Waals surface area (Å²) in [5.74, 6) is 0.0450. The Hall–Kier alpha value is -1.33. The fourth-order valence-corrected chi connectivity index (χ4v) is 2.12. The van der Waals surface area contributed by atoms with E-state index in [-0.39, 0.29) is 5.92 Å². The standard InChI is InChI=1S/C12H14N2/c1-9-4-3-5-11-10(6-13)7-14(2)8-12(9)11/h3-5,10H,7-8H2,1-2H3. The van der Waals surface area contributed by atoms with Gasteiger partial charge in [0.2, 0.25) is 0 Å². The van der Waals surface area contributed by atoms with Crippen molar-refractivity contribution < 1.29 is 0 Å². The lowest BCUT2D eigenvalue weighted by Crippen LogP contribution is -2.30. The van der Waals surface area contributed by atoms with Gasteiger partial charge in [0, 0.05) is 13.1 Å². The van der Waals surface area contributed by atoms with Crippen LogP contribution in [0.1, 0.15) is 22.6 Å². The Morgan fingerprint density at radius 3 is 3.00 bits per heavy atom. The van der Waals surface area contributed by atoms with Crippen LogP contribution in [0.3, 0.4) is 0 Å². The summed E-state index contributed by atoms with van der Waals surface area (Å²) in [4.78, 5) is 2.21. The van der Waals surface area contributed by atoms with Crippen LogP contribution >= 0.6 is 0 Å². The topological polar surface area (TPSA) is 27.0 Å². The molecule has 1 aliphatic rings. The van der Waals surface area contributed by atoms with Gasteiger partial charge in [0.25, 0.3) is 0 Å². The van der Waals surface area contributed by atoms with E-state index in [9.17, 15) is 0 Å². The molecule has 0 fully saturated rings. The smallest absolute Gasteiger partial charge is 0.0842 e. The summed E-state index contributed by atoms with van der Waals surface area (Å²) in [5, 5.41) is 9.07. The molecule has 1 aromatic rings. The van der Waals surface area contributed by atoms with Gasteiger partial charge in [0.15, 0.2) is 0 Å². The van der Waals surface area contributed by atoms with Crippen molar-refractivity contribution in [2.45, 2.75) is 19.4 Å². The van der Waals surface area contributed by atoms with Crippen molar-refractivity contribution in [2.24, 2.45) is 0 Å². The highest BCUT2D eigenvalue weighted by Gasteiger charge is 2.23. The third-order valence-electron chi connectivity index (χ3n) is 2.90. The first-order chi connectivity index (χ1) is 6.72. The summed E-state index contributed by atoms with van der Waals surface area (Å²) in [5.41, 5.74) is 3.87. The summed E-state index contributed by atoms with van der Waals surface area (Å²) in [6.45, 7) is 3.94. The zero-order chi connectivity index (χ0) is 10.1. The molecule has 2 nitrogen and oxygen atoms in total. The highest BCUT2D eigenvalue weighted by Crippen LogP contribution is 2.28. The molecule has 0 N–H and O–H groups in total. The fraction of sp³-hybridized carbons (Fsp3) is 0.417. The van der Waals surface area contributed by atoms with Crippen molar-refractivity contribution in [2.75, 3.05) is 13.6 Å². The normalized spacial score (nSPS) is 21.4. The van der Waals surface area contributed by atoms with Crippen LogP contribution < -0.4 is 0 Å². The number of aryl methyl sites for hydroxylation is 1. The SMILES string of the molecule is Cc1cccc2c1CN(C)CC2C#N. The largest absolute Gasteiger partial charge is 0.300 e. The molecule has 14 heavy (non-hydrogen) atoms. The second kappa shape index (κ2) is 3.43. The van der Waals surface area contributed by atoms with Crippen molar-refractivity contribution in [1.82, 2.24) is 4.90 Å². The molecule has 0 spiro atoms. The molecule has 0 saturated heterocycles. The van der Waals surface area contributed by atoms with Crippen molar-refractivity contribution in [3.8, 4) is 6.07 Å². The third kappa shape index (κ3) is 1.40. The highest BCUT2D eigenvalue weighted by atomic mass is 15.1. The van der Waals surface area contributed by atoms with Gasteiger partial charge in [0.05, 0.1) is 12.0 Å². The first-order valence-electron chi connectivity index (χ1n) is 4.89. The zero-order valence-electron chi connectivity index (χ0n) is 8.62. The van der Waals surface area contributed by atoms with E-state index >= 15 is 0 Å². The minimum atomic E-state index is 0.0450. The van der Waals surface area contributed by atoms with Crippen LogP contribution in [0.15, 0.2) is 18.2 Å². The van der Waals surface area contributed by atoms with Crippen LogP contribution in [0, 0.1) is 18.3 Å². The van der Waals surface area contributed by atoms with E-state index in [1.54, 1.807) is 0 Å². The summed E-state index contributed by atoms with van der Waals surface area (Å²) >= 11 is 0. The first kappa shape index (κ1) is 9.23.